The zero-order valence-electron chi connectivity index (χ0n) is 15.0. The summed E-state index contributed by atoms with van der Waals surface area (Å²) in [4.78, 5) is 8.70. The molecule has 1 aromatic rings. The van der Waals surface area contributed by atoms with Crippen LogP contribution < -0.4 is 10.6 Å². The maximum Gasteiger partial charge on any atom is 0.215 e. The maximum absolute atomic E-state index is 12.3. The molecule has 1 aliphatic heterocycles. The van der Waals surface area contributed by atoms with Crippen LogP contribution in [0.4, 0.5) is 0 Å². The van der Waals surface area contributed by atoms with Crippen molar-refractivity contribution < 1.29 is 8.42 Å². The highest BCUT2D eigenvalue weighted by Crippen LogP contribution is 2.17. The molecule has 0 spiro atoms. The van der Waals surface area contributed by atoms with Crippen molar-refractivity contribution in [3.05, 3.63) is 16.1 Å². The molecule has 1 fully saturated rings. The van der Waals surface area contributed by atoms with E-state index in [1.165, 1.54) is 0 Å². The minimum Gasteiger partial charge on any atom is -0.355 e. The van der Waals surface area contributed by atoms with Crippen LogP contribution in [0.5, 0.6) is 0 Å². The number of nitrogens with one attached hydrogen (secondary N) is 2. The first kappa shape index (κ1) is 20.5. The largest absolute Gasteiger partial charge is 0.355 e. The molecule has 25 heavy (non-hydrogen) atoms. The third-order valence-electron chi connectivity index (χ3n) is 3.81. The lowest BCUT2D eigenvalue weighted by Gasteiger charge is -2.25. The number of hydrogen-bond donors (Lipinski definition) is 2. The Morgan fingerprint density at radius 1 is 1.36 bits per heavy atom. The molecule has 1 saturated heterocycles. The fourth-order valence-electron chi connectivity index (χ4n) is 2.30. The van der Waals surface area contributed by atoms with Gasteiger partial charge in [0, 0.05) is 43.6 Å². The minimum absolute atomic E-state index is 0.0765. The first-order chi connectivity index (χ1) is 11.9. The summed E-state index contributed by atoms with van der Waals surface area (Å²) in [6, 6.07) is 0. The standard InChI is InChI=1S/C15H27N5O2S3/c1-12(2)13-11-24-14(19-13)10-18-15(16-3)17-4-9-25(21,22)20-5-7-23-8-6-20/h11-12H,4-10H2,1-3H3,(H2,16,17,18). The zero-order chi connectivity index (χ0) is 18.3. The van der Waals surface area contributed by atoms with Crippen molar-refractivity contribution in [1.29, 1.82) is 0 Å². The van der Waals surface area contributed by atoms with Gasteiger partial charge in [-0.2, -0.15) is 11.8 Å². The van der Waals surface area contributed by atoms with Crippen molar-refractivity contribution in [3.8, 4) is 0 Å². The van der Waals surface area contributed by atoms with Gasteiger partial charge in [0.25, 0.3) is 0 Å². The van der Waals surface area contributed by atoms with Crippen LogP contribution in [0, 0.1) is 0 Å². The summed E-state index contributed by atoms with van der Waals surface area (Å²) in [7, 11) is -1.52. The van der Waals surface area contributed by atoms with Crippen LogP contribution >= 0.6 is 23.1 Å². The second kappa shape index (κ2) is 9.75. The highest BCUT2D eigenvalue weighted by Gasteiger charge is 2.23. The van der Waals surface area contributed by atoms with E-state index in [4.69, 9.17) is 0 Å². The van der Waals surface area contributed by atoms with Crippen LogP contribution in [0.25, 0.3) is 0 Å². The van der Waals surface area contributed by atoms with Crippen molar-refractivity contribution in [1.82, 2.24) is 19.9 Å². The molecule has 0 radical (unpaired) electrons. The summed E-state index contributed by atoms with van der Waals surface area (Å²) in [5.41, 5.74) is 1.09. The van der Waals surface area contributed by atoms with Crippen LogP contribution in [0.2, 0.25) is 0 Å². The number of nitrogens with zero attached hydrogens (tertiary/aromatic N) is 3. The smallest absolute Gasteiger partial charge is 0.215 e. The molecule has 0 aliphatic carbocycles. The molecule has 2 rings (SSSR count). The van der Waals surface area contributed by atoms with Crippen molar-refractivity contribution >= 4 is 39.1 Å². The molecule has 0 amide bonds. The fraction of sp³-hybridized carbons (Fsp3) is 0.733. The van der Waals surface area contributed by atoms with Gasteiger partial charge in [-0.3, -0.25) is 4.99 Å². The number of thioether (sulfide) groups is 1. The summed E-state index contributed by atoms with van der Waals surface area (Å²) in [5, 5.41) is 9.31. The number of aromatic nitrogens is 1. The van der Waals surface area contributed by atoms with Crippen LogP contribution in [-0.2, 0) is 16.6 Å². The van der Waals surface area contributed by atoms with Crippen molar-refractivity contribution in [2.75, 3.05) is 43.9 Å². The van der Waals surface area contributed by atoms with E-state index in [0.717, 1.165) is 22.2 Å². The third kappa shape index (κ3) is 6.43. The molecule has 10 heteroatoms. The Hall–Kier alpha value is -0.840. The molecule has 2 N–H and O–H groups in total. The molecule has 142 valence electrons. The lowest BCUT2D eigenvalue weighted by molar-refractivity contribution is 0.443. The number of rotatable bonds is 7. The second-order valence-corrected chi connectivity index (χ2v) is 10.3. The molecule has 0 aromatic carbocycles. The van der Waals surface area contributed by atoms with Gasteiger partial charge in [-0.05, 0) is 5.92 Å². The summed E-state index contributed by atoms with van der Waals surface area (Å²) < 4.78 is 26.2. The van der Waals surface area contributed by atoms with Crippen molar-refractivity contribution in [2.45, 2.75) is 26.3 Å². The number of sulfonamides is 1. The average Bonchev–Trinajstić information content (AvgIpc) is 3.08. The molecule has 2 heterocycles. The summed E-state index contributed by atoms with van der Waals surface area (Å²) in [5.74, 6) is 2.84. The zero-order valence-corrected chi connectivity index (χ0v) is 17.4. The van der Waals surface area contributed by atoms with Gasteiger partial charge in [-0.25, -0.2) is 17.7 Å². The Balaban J connectivity index is 1.76. The molecule has 1 aliphatic rings. The predicted octanol–water partition coefficient (Wildman–Crippen LogP) is 1.31. The first-order valence-electron chi connectivity index (χ1n) is 8.36. The van der Waals surface area contributed by atoms with Crippen LogP contribution in [0.1, 0.15) is 30.5 Å². The van der Waals surface area contributed by atoms with Gasteiger partial charge >= 0.3 is 0 Å². The van der Waals surface area contributed by atoms with Crippen molar-refractivity contribution in [3.63, 3.8) is 0 Å². The molecule has 1 aromatic heterocycles. The first-order valence-corrected chi connectivity index (χ1v) is 12.0. The molecule has 0 atom stereocenters. The summed E-state index contributed by atoms with van der Waals surface area (Å²) in [6.07, 6.45) is 0. The normalized spacial score (nSPS) is 17.0. The van der Waals surface area contributed by atoms with E-state index in [1.807, 2.05) is 0 Å². The van der Waals surface area contributed by atoms with Crippen LogP contribution in [0.15, 0.2) is 10.4 Å². The van der Waals surface area contributed by atoms with E-state index in [0.29, 0.717) is 38.1 Å². The van der Waals surface area contributed by atoms with Gasteiger partial charge in [0.15, 0.2) is 5.96 Å². The predicted molar refractivity (Wildman–Crippen MR) is 107 cm³/mol. The highest BCUT2D eigenvalue weighted by atomic mass is 32.2. The Kier molecular flexibility index (Phi) is 7.98. The second-order valence-electron chi connectivity index (χ2n) is 6.00. The quantitative estimate of drug-likeness (QED) is 0.525. The monoisotopic (exact) mass is 405 g/mol. The molecule has 0 saturated carbocycles. The van der Waals surface area contributed by atoms with Gasteiger partial charge < -0.3 is 10.6 Å². The Bertz CT molecular complexity index is 666. The number of thiazole rings is 1. The summed E-state index contributed by atoms with van der Waals surface area (Å²) >= 11 is 3.42. The fourth-order valence-corrected chi connectivity index (χ4v) is 5.69. The van der Waals surface area contributed by atoms with Crippen molar-refractivity contribution in [2.24, 2.45) is 4.99 Å². The number of guanidine groups is 1. The Morgan fingerprint density at radius 2 is 2.08 bits per heavy atom. The van der Waals surface area contributed by atoms with E-state index < -0.39 is 10.0 Å². The van der Waals surface area contributed by atoms with E-state index in [9.17, 15) is 8.42 Å². The minimum atomic E-state index is -3.20. The third-order valence-corrected chi connectivity index (χ3v) is 7.49. The van der Waals surface area contributed by atoms with E-state index in [2.05, 4.69) is 39.8 Å². The topological polar surface area (TPSA) is 86.7 Å². The average molecular weight is 406 g/mol. The summed E-state index contributed by atoms with van der Waals surface area (Å²) in [6.45, 7) is 6.38. The Morgan fingerprint density at radius 3 is 2.68 bits per heavy atom. The lowest BCUT2D eigenvalue weighted by Crippen LogP contribution is -2.44. The number of aliphatic imine (C=N–C) groups is 1. The molecule has 0 unspecified atom stereocenters. The SMILES string of the molecule is CN=C(NCCS(=O)(=O)N1CCSCC1)NCc1nc(C(C)C)cs1. The molecular weight excluding hydrogens is 378 g/mol. The lowest BCUT2D eigenvalue weighted by atomic mass is 10.2. The molecular formula is C15H27N5O2S3. The van der Waals surface area contributed by atoms with Crippen LogP contribution in [0.3, 0.4) is 0 Å². The molecule has 0 bridgehead atoms. The van der Waals surface area contributed by atoms with Gasteiger partial charge in [0.1, 0.15) is 5.01 Å². The van der Waals surface area contributed by atoms with Gasteiger partial charge in [0.2, 0.25) is 10.0 Å². The molecule has 7 nitrogen and oxygen atoms in total. The van der Waals surface area contributed by atoms with E-state index in [-0.39, 0.29) is 5.75 Å². The van der Waals surface area contributed by atoms with E-state index >= 15 is 0 Å². The van der Waals surface area contributed by atoms with Gasteiger partial charge in [-0.15, -0.1) is 11.3 Å². The van der Waals surface area contributed by atoms with Crippen LogP contribution in [-0.4, -0.2) is 67.6 Å². The number of hydrogen-bond acceptors (Lipinski definition) is 6. The van der Waals surface area contributed by atoms with Gasteiger partial charge in [0.05, 0.1) is 18.0 Å². The maximum atomic E-state index is 12.3. The van der Waals surface area contributed by atoms with E-state index in [1.54, 1.807) is 34.5 Å². The Labute approximate surface area is 158 Å². The highest BCUT2D eigenvalue weighted by molar-refractivity contribution is 7.99. The van der Waals surface area contributed by atoms with Gasteiger partial charge in [-0.1, -0.05) is 13.8 Å².